The molecule has 0 saturated carbocycles. The maximum atomic E-state index is 13.7. The number of nitrogens with zero attached hydrogens (tertiary/aromatic N) is 1. The van der Waals surface area contributed by atoms with Crippen molar-refractivity contribution >= 4 is 27.5 Å². The van der Waals surface area contributed by atoms with Crippen molar-refractivity contribution in [2.45, 2.75) is 19.8 Å². The van der Waals surface area contributed by atoms with Crippen molar-refractivity contribution in [2.24, 2.45) is 5.92 Å². The standard InChI is InChI=1S/C16H23BrFN3O/c1-2-19-10-12-5-7-21(8-6-12)11-16(22)20-15-4-3-13(17)9-14(15)18/h3-4,9,12,19H,2,5-8,10-11H2,1H3,(H,20,22). The largest absolute Gasteiger partial charge is 0.322 e. The van der Waals surface area contributed by atoms with Crippen LogP contribution in [0.25, 0.3) is 0 Å². The molecule has 6 heteroatoms. The van der Waals surface area contributed by atoms with Gasteiger partial charge in [0.2, 0.25) is 5.91 Å². The Balaban J connectivity index is 1.76. The molecule has 1 amide bonds. The van der Waals surface area contributed by atoms with E-state index in [1.165, 1.54) is 6.07 Å². The van der Waals surface area contributed by atoms with Gasteiger partial charge in [-0.3, -0.25) is 9.69 Å². The maximum Gasteiger partial charge on any atom is 0.238 e. The number of anilines is 1. The van der Waals surface area contributed by atoms with Crippen LogP contribution in [0.15, 0.2) is 22.7 Å². The summed E-state index contributed by atoms with van der Waals surface area (Å²) in [6.07, 6.45) is 2.21. The number of benzene rings is 1. The summed E-state index contributed by atoms with van der Waals surface area (Å²) in [5, 5.41) is 6.02. The minimum absolute atomic E-state index is 0.161. The van der Waals surface area contributed by atoms with Gasteiger partial charge in [0, 0.05) is 4.47 Å². The van der Waals surface area contributed by atoms with Gasteiger partial charge in [-0.1, -0.05) is 22.9 Å². The Morgan fingerprint density at radius 3 is 2.77 bits per heavy atom. The van der Waals surface area contributed by atoms with Crippen LogP contribution in [0.2, 0.25) is 0 Å². The fraction of sp³-hybridized carbons (Fsp3) is 0.562. The molecule has 1 fully saturated rings. The van der Waals surface area contributed by atoms with Crippen LogP contribution < -0.4 is 10.6 Å². The van der Waals surface area contributed by atoms with Crippen molar-refractivity contribution in [3.63, 3.8) is 0 Å². The number of carbonyl (C=O) groups is 1. The van der Waals surface area contributed by atoms with Crippen LogP contribution in [0.1, 0.15) is 19.8 Å². The molecule has 2 N–H and O–H groups in total. The monoisotopic (exact) mass is 371 g/mol. The van der Waals surface area contributed by atoms with Gasteiger partial charge in [-0.2, -0.15) is 0 Å². The smallest absolute Gasteiger partial charge is 0.238 e. The summed E-state index contributed by atoms with van der Waals surface area (Å²) in [6, 6.07) is 4.63. The number of likely N-dealkylation sites (tertiary alicyclic amines) is 1. The molecule has 1 saturated heterocycles. The molecule has 1 heterocycles. The number of piperidine rings is 1. The number of rotatable bonds is 6. The van der Waals surface area contributed by atoms with Crippen LogP contribution in [0.4, 0.5) is 10.1 Å². The molecule has 1 aromatic carbocycles. The highest BCUT2D eigenvalue weighted by Gasteiger charge is 2.20. The lowest BCUT2D eigenvalue weighted by Gasteiger charge is -2.31. The molecule has 1 aliphatic heterocycles. The normalized spacial score (nSPS) is 16.7. The number of carbonyl (C=O) groups excluding carboxylic acids is 1. The van der Waals surface area contributed by atoms with Crippen LogP contribution in [0.5, 0.6) is 0 Å². The van der Waals surface area contributed by atoms with Crippen molar-refractivity contribution in [3.8, 4) is 0 Å². The SMILES string of the molecule is CCNCC1CCN(CC(=O)Nc2ccc(Br)cc2F)CC1. The molecular formula is C16H23BrFN3O. The molecule has 0 bridgehead atoms. The molecule has 0 aromatic heterocycles. The van der Waals surface area contributed by atoms with Gasteiger partial charge in [-0.05, 0) is 63.1 Å². The van der Waals surface area contributed by atoms with Crippen LogP contribution in [-0.2, 0) is 4.79 Å². The summed E-state index contributed by atoms with van der Waals surface area (Å²) in [7, 11) is 0. The molecule has 1 aromatic rings. The highest BCUT2D eigenvalue weighted by molar-refractivity contribution is 9.10. The van der Waals surface area contributed by atoms with Crippen molar-refractivity contribution in [1.29, 1.82) is 0 Å². The average Bonchev–Trinajstić information content (AvgIpc) is 2.49. The minimum atomic E-state index is -0.424. The predicted octanol–water partition coefficient (Wildman–Crippen LogP) is 2.85. The van der Waals surface area contributed by atoms with Gasteiger partial charge in [0.15, 0.2) is 0 Å². The lowest BCUT2D eigenvalue weighted by atomic mass is 9.97. The Morgan fingerprint density at radius 1 is 1.41 bits per heavy atom. The number of hydrogen-bond donors (Lipinski definition) is 2. The van der Waals surface area contributed by atoms with Gasteiger partial charge < -0.3 is 10.6 Å². The first-order chi connectivity index (χ1) is 10.6. The number of amides is 1. The molecule has 1 aliphatic rings. The second kappa shape index (κ2) is 8.60. The zero-order valence-electron chi connectivity index (χ0n) is 12.9. The maximum absolute atomic E-state index is 13.7. The summed E-state index contributed by atoms with van der Waals surface area (Å²) in [5.41, 5.74) is 0.232. The van der Waals surface area contributed by atoms with E-state index in [1.54, 1.807) is 12.1 Å². The van der Waals surface area contributed by atoms with E-state index < -0.39 is 5.82 Å². The molecule has 2 rings (SSSR count). The first kappa shape index (κ1) is 17.4. The minimum Gasteiger partial charge on any atom is -0.322 e. The predicted molar refractivity (Wildman–Crippen MR) is 90.4 cm³/mol. The molecule has 22 heavy (non-hydrogen) atoms. The Hall–Kier alpha value is -0.980. The van der Waals surface area contributed by atoms with Crippen molar-refractivity contribution < 1.29 is 9.18 Å². The van der Waals surface area contributed by atoms with Crippen LogP contribution in [-0.4, -0.2) is 43.5 Å². The van der Waals surface area contributed by atoms with Gasteiger partial charge >= 0.3 is 0 Å². The first-order valence-electron chi connectivity index (χ1n) is 7.76. The highest BCUT2D eigenvalue weighted by atomic mass is 79.9. The van der Waals surface area contributed by atoms with E-state index in [2.05, 4.69) is 38.4 Å². The second-order valence-electron chi connectivity index (χ2n) is 5.70. The third-order valence-corrected chi connectivity index (χ3v) is 4.46. The second-order valence-corrected chi connectivity index (χ2v) is 6.62. The summed E-state index contributed by atoms with van der Waals surface area (Å²) in [6.45, 7) is 6.34. The molecule has 4 nitrogen and oxygen atoms in total. The summed E-state index contributed by atoms with van der Waals surface area (Å²) in [5.74, 6) is 0.113. The fourth-order valence-electron chi connectivity index (χ4n) is 2.68. The fourth-order valence-corrected chi connectivity index (χ4v) is 3.01. The van der Waals surface area contributed by atoms with Gasteiger partial charge in [0.25, 0.3) is 0 Å². The average molecular weight is 372 g/mol. The van der Waals surface area contributed by atoms with E-state index in [9.17, 15) is 9.18 Å². The zero-order valence-corrected chi connectivity index (χ0v) is 14.5. The summed E-state index contributed by atoms with van der Waals surface area (Å²) >= 11 is 3.20. The van der Waals surface area contributed by atoms with Crippen molar-refractivity contribution in [2.75, 3.05) is 38.0 Å². The Kier molecular flexibility index (Phi) is 6.79. The van der Waals surface area contributed by atoms with E-state index in [1.807, 2.05) is 0 Å². The molecular weight excluding hydrogens is 349 g/mol. The molecule has 0 atom stereocenters. The Morgan fingerprint density at radius 2 is 2.14 bits per heavy atom. The summed E-state index contributed by atoms with van der Waals surface area (Å²) in [4.78, 5) is 14.2. The Labute approximate surface area is 139 Å². The lowest BCUT2D eigenvalue weighted by Crippen LogP contribution is -2.41. The third-order valence-electron chi connectivity index (χ3n) is 3.96. The quantitative estimate of drug-likeness (QED) is 0.807. The zero-order chi connectivity index (χ0) is 15.9. The van der Waals surface area contributed by atoms with Crippen LogP contribution >= 0.6 is 15.9 Å². The first-order valence-corrected chi connectivity index (χ1v) is 8.55. The van der Waals surface area contributed by atoms with E-state index in [4.69, 9.17) is 0 Å². The molecule has 0 radical (unpaired) electrons. The van der Waals surface area contributed by atoms with Crippen LogP contribution in [0, 0.1) is 11.7 Å². The molecule has 0 unspecified atom stereocenters. The van der Waals surface area contributed by atoms with Crippen molar-refractivity contribution in [3.05, 3.63) is 28.5 Å². The number of hydrogen-bond acceptors (Lipinski definition) is 3. The van der Waals surface area contributed by atoms with Gasteiger partial charge in [-0.25, -0.2) is 4.39 Å². The lowest BCUT2D eigenvalue weighted by molar-refractivity contribution is -0.117. The van der Waals surface area contributed by atoms with E-state index in [0.29, 0.717) is 16.9 Å². The Bertz CT molecular complexity index is 504. The van der Waals surface area contributed by atoms with Gasteiger partial charge in [0.1, 0.15) is 5.82 Å². The van der Waals surface area contributed by atoms with E-state index in [-0.39, 0.29) is 11.6 Å². The highest BCUT2D eigenvalue weighted by Crippen LogP contribution is 2.20. The van der Waals surface area contributed by atoms with Gasteiger partial charge in [-0.15, -0.1) is 0 Å². The molecule has 122 valence electrons. The topological polar surface area (TPSA) is 44.4 Å². The third kappa shape index (κ3) is 5.34. The van der Waals surface area contributed by atoms with Crippen molar-refractivity contribution in [1.82, 2.24) is 10.2 Å². The number of nitrogens with one attached hydrogen (secondary N) is 2. The van der Waals surface area contributed by atoms with E-state index >= 15 is 0 Å². The van der Waals surface area contributed by atoms with E-state index in [0.717, 1.165) is 39.0 Å². The number of halogens is 2. The van der Waals surface area contributed by atoms with Gasteiger partial charge in [0.05, 0.1) is 12.2 Å². The molecule has 0 aliphatic carbocycles. The summed E-state index contributed by atoms with van der Waals surface area (Å²) < 4.78 is 14.4. The molecule has 0 spiro atoms. The van der Waals surface area contributed by atoms with Crippen LogP contribution in [0.3, 0.4) is 0 Å².